The largest absolute Gasteiger partial charge is 0.462 e. The second-order valence-corrected chi connectivity index (χ2v) is 3.55. The number of carbonyl (C=O) groups excluding carboxylic acids is 1. The Bertz CT molecular complexity index is 534. The molecule has 1 heterocycles. The number of hydrogen-bond donors (Lipinski definition) is 0. The Morgan fingerprint density at radius 3 is 2.94 bits per heavy atom. The van der Waals surface area contributed by atoms with Crippen LogP contribution in [0.1, 0.15) is 22.8 Å². The van der Waals surface area contributed by atoms with Gasteiger partial charge < -0.3 is 4.74 Å². The maximum Gasteiger partial charge on any atom is 0.340 e. The van der Waals surface area contributed by atoms with Gasteiger partial charge >= 0.3 is 5.97 Å². The predicted octanol–water partition coefficient (Wildman–Crippen LogP) is 2.72. The van der Waals surface area contributed by atoms with Crippen molar-refractivity contribution in [3.8, 4) is 0 Å². The van der Waals surface area contributed by atoms with Crippen molar-refractivity contribution in [1.29, 1.82) is 0 Å². The topological polar surface area (TPSA) is 39.2 Å². The van der Waals surface area contributed by atoms with Gasteiger partial charge in [-0.25, -0.2) is 4.79 Å². The maximum atomic E-state index is 11.7. The molecule has 16 heavy (non-hydrogen) atoms. The predicted molar refractivity (Wildman–Crippen MR) is 62.4 cm³/mol. The van der Waals surface area contributed by atoms with E-state index in [0.717, 1.165) is 10.9 Å². The Labute approximate surface area is 94.1 Å². The molecule has 0 spiro atoms. The molecule has 2 aromatic rings. The molecule has 0 aliphatic rings. The summed E-state index contributed by atoms with van der Waals surface area (Å²) in [5.41, 5.74) is 2.35. The van der Waals surface area contributed by atoms with Crippen molar-refractivity contribution in [2.24, 2.45) is 0 Å². The zero-order valence-corrected chi connectivity index (χ0v) is 9.36. The zero-order chi connectivity index (χ0) is 11.5. The Morgan fingerprint density at radius 1 is 1.38 bits per heavy atom. The van der Waals surface area contributed by atoms with Gasteiger partial charge in [-0.2, -0.15) is 0 Å². The maximum absolute atomic E-state index is 11.7. The van der Waals surface area contributed by atoms with Gasteiger partial charge in [0.25, 0.3) is 0 Å². The number of aryl methyl sites for hydroxylation is 1. The minimum absolute atomic E-state index is 0.314. The van der Waals surface area contributed by atoms with Crippen molar-refractivity contribution in [1.82, 2.24) is 4.98 Å². The molecule has 0 saturated heterocycles. The third-order valence-corrected chi connectivity index (χ3v) is 2.48. The van der Waals surface area contributed by atoms with Crippen LogP contribution in [0.4, 0.5) is 0 Å². The first-order chi connectivity index (χ1) is 7.74. The molecule has 3 nitrogen and oxygen atoms in total. The molecule has 0 amide bonds. The molecule has 0 unspecified atom stereocenters. The van der Waals surface area contributed by atoms with Crippen LogP contribution in [-0.4, -0.2) is 17.6 Å². The van der Waals surface area contributed by atoms with Crippen molar-refractivity contribution < 1.29 is 9.53 Å². The van der Waals surface area contributed by atoms with Gasteiger partial charge in [0.05, 0.1) is 17.7 Å². The first-order valence-electron chi connectivity index (χ1n) is 5.25. The molecule has 0 fully saturated rings. The molecule has 0 N–H and O–H groups in total. The van der Waals surface area contributed by atoms with Gasteiger partial charge in [0.15, 0.2) is 0 Å². The van der Waals surface area contributed by atoms with E-state index < -0.39 is 0 Å². The van der Waals surface area contributed by atoms with Crippen LogP contribution in [0.15, 0.2) is 30.5 Å². The summed E-state index contributed by atoms with van der Waals surface area (Å²) in [4.78, 5) is 16.0. The van der Waals surface area contributed by atoms with E-state index in [4.69, 9.17) is 4.74 Å². The van der Waals surface area contributed by atoms with Gasteiger partial charge in [-0.15, -0.1) is 0 Å². The number of ether oxygens (including phenoxy) is 1. The first-order valence-corrected chi connectivity index (χ1v) is 5.25. The number of hydrogen-bond acceptors (Lipinski definition) is 3. The van der Waals surface area contributed by atoms with Gasteiger partial charge in [0.1, 0.15) is 0 Å². The molecule has 0 bridgehead atoms. The number of nitrogens with zero attached hydrogens (tertiary/aromatic N) is 1. The van der Waals surface area contributed by atoms with Gasteiger partial charge in [-0.3, -0.25) is 4.98 Å². The number of benzene rings is 1. The van der Waals surface area contributed by atoms with Crippen LogP contribution in [0.25, 0.3) is 10.9 Å². The molecule has 0 atom stereocenters. The third kappa shape index (κ3) is 1.76. The van der Waals surface area contributed by atoms with E-state index >= 15 is 0 Å². The average molecular weight is 215 g/mol. The molecule has 82 valence electrons. The lowest BCUT2D eigenvalue weighted by atomic mass is 10.1. The monoisotopic (exact) mass is 215 g/mol. The molecule has 3 heteroatoms. The number of aromatic nitrogens is 1. The lowest BCUT2D eigenvalue weighted by molar-refractivity contribution is 0.0528. The quantitative estimate of drug-likeness (QED) is 0.723. The number of pyridine rings is 1. The highest BCUT2D eigenvalue weighted by molar-refractivity contribution is 6.03. The number of carbonyl (C=O) groups is 1. The van der Waals surface area contributed by atoms with Crippen LogP contribution in [0.2, 0.25) is 0 Å². The summed E-state index contributed by atoms with van der Waals surface area (Å²) in [6.07, 6.45) is 1.69. The van der Waals surface area contributed by atoms with Gasteiger partial charge in [0, 0.05) is 11.6 Å². The van der Waals surface area contributed by atoms with E-state index in [-0.39, 0.29) is 5.97 Å². The fourth-order valence-corrected chi connectivity index (χ4v) is 1.69. The second-order valence-electron chi connectivity index (χ2n) is 3.55. The molecule has 1 aromatic carbocycles. The Kier molecular flexibility index (Phi) is 2.86. The van der Waals surface area contributed by atoms with E-state index in [2.05, 4.69) is 4.98 Å². The van der Waals surface area contributed by atoms with Crippen molar-refractivity contribution in [2.75, 3.05) is 6.61 Å². The highest BCUT2D eigenvalue weighted by Crippen LogP contribution is 2.20. The van der Waals surface area contributed by atoms with Crippen LogP contribution in [0.5, 0.6) is 0 Å². The molecule has 0 saturated carbocycles. The summed E-state index contributed by atoms with van der Waals surface area (Å²) in [5, 5.41) is 0.994. The summed E-state index contributed by atoms with van der Waals surface area (Å²) in [5.74, 6) is -0.314. The smallest absolute Gasteiger partial charge is 0.340 e. The fraction of sp³-hybridized carbons (Fsp3) is 0.231. The minimum Gasteiger partial charge on any atom is -0.462 e. The Morgan fingerprint density at radius 2 is 2.19 bits per heavy atom. The van der Waals surface area contributed by atoms with Crippen molar-refractivity contribution >= 4 is 16.9 Å². The van der Waals surface area contributed by atoms with Crippen LogP contribution in [0, 0.1) is 6.92 Å². The van der Waals surface area contributed by atoms with Crippen molar-refractivity contribution in [2.45, 2.75) is 13.8 Å². The standard InChI is InChI=1S/C13H13NO2/c1-3-16-13(15)11-7-6-9(2)10-5-4-8-14-12(10)11/h4-8H,3H2,1-2H3. The highest BCUT2D eigenvalue weighted by atomic mass is 16.5. The number of fused-ring (bicyclic) bond motifs is 1. The highest BCUT2D eigenvalue weighted by Gasteiger charge is 2.12. The molecule has 0 aliphatic carbocycles. The molecule has 1 aromatic heterocycles. The molecular formula is C13H13NO2. The van der Waals surface area contributed by atoms with E-state index in [9.17, 15) is 4.79 Å². The second kappa shape index (κ2) is 4.31. The SMILES string of the molecule is CCOC(=O)c1ccc(C)c2cccnc12. The van der Waals surface area contributed by atoms with Gasteiger partial charge in [-0.1, -0.05) is 12.1 Å². The van der Waals surface area contributed by atoms with E-state index in [0.29, 0.717) is 17.7 Å². The fourth-order valence-electron chi connectivity index (χ4n) is 1.69. The molecule has 2 rings (SSSR count). The van der Waals surface area contributed by atoms with Crippen LogP contribution in [-0.2, 0) is 4.74 Å². The van der Waals surface area contributed by atoms with E-state index in [1.54, 1.807) is 19.2 Å². The Balaban J connectivity index is 2.63. The summed E-state index contributed by atoms with van der Waals surface area (Å²) < 4.78 is 5.00. The molecule has 0 aliphatic heterocycles. The minimum atomic E-state index is -0.314. The average Bonchev–Trinajstić information content (AvgIpc) is 2.30. The molecular weight excluding hydrogens is 202 g/mol. The first kappa shape index (κ1) is 10.6. The van der Waals surface area contributed by atoms with Gasteiger partial charge in [0.2, 0.25) is 0 Å². The lowest BCUT2D eigenvalue weighted by Gasteiger charge is -2.06. The van der Waals surface area contributed by atoms with E-state index in [1.165, 1.54) is 0 Å². The Hall–Kier alpha value is -1.90. The van der Waals surface area contributed by atoms with Crippen molar-refractivity contribution in [3.05, 3.63) is 41.6 Å². The summed E-state index contributed by atoms with van der Waals surface area (Å²) in [6.45, 7) is 4.17. The van der Waals surface area contributed by atoms with Crippen molar-refractivity contribution in [3.63, 3.8) is 0 Å². The van der Waals surface area contributed by atoms with Crippen LogP contribution >= 0.6 is 0 Å². The van der Waals surface area contributed by atoms with Gasteiger partial charge in [-0.05, 0) is 31.5 Å². The lowest BCUT2D eigenvalue weighted by Crippen LogP contribution is -2.06. The normalized spacial score (nSPS) is 10.4. The summed E-state index contributed by atoms with van der Waals surface area (Å²) >= 11 is 0. The summed E-state index contributed by atoms with van der Waals surface area (Å²) in [7, 11) is 0. The summed E-state index contributed by atoms with van der Waals surface area (Å²) in [6, 6.07) is 7.50. The van der Waals surface area contributed by atoms with E-state index in [1.807, 2.05) is 25.1 Å². The van der Waals surface area contributed by atoms with Crippen LogP contribution in [0.3, 0.4) is 0 Å². The number of rotatable bonds is 2. The third-order valence-electron chi connectivity index (χ3n) is 2.48. The molecule has 0 radical (unpaired) electrons. The van der Waals surface area contributed by atoms with Crippen LogP contribution < -0.4 is 0 Å². The zero-order valence-electron chi connectivity index (χ0n) is 9.36. The number of esters is 1.